The van der Waals surface area contributed by atoms with E-state index >= 15 is 0 Å². The molecule has 3 rings (SSSR count). The third kappa shape index (κ3) is 3.33. The highest BCUT2D eigenvalue weighted by Crippen LogP contribution is 2.27. The van der Waals surface area contributed by atoms with Gasteiger partial charge in [-0.25, -0.2) is 0 Å². The number of hydrogen-bond donors (Lipinski definition) is 0. The van der Waals surface area contributed by atoms with Crippen molar-refractivity contribution in [1.29, 1.82) is 0 Å². The average Bonchev–Trinajstić information content (AvgIpc) is 2.63. The molecule has 0 N–H and O–H groups in total. The monoisotopic (exact) mass is 289 g/mol. The Morgan fingerprint density at radius 1 is 1.05 bits per heavy atom. The van der Waals surface area contributed by atoms with Crippen molar-refractivity contribution in [3.63, 3.8) is 0 Å². The van der Waals surface area contributed by atoms with E-state index in [0.29, 0.717) is 0 Å². The molecule has 0 aromatic heterocycles. The van der Waals surface area contributed by atoms with E-state index < -0.39 is 0 Å². The lowest BCUT2D eigenvalue weighted by Crippen LogP contribution is -2.23. The molecule has 1 aliphatic heterocycles. The van der Waals surface area contributed by atoms with Crippen LogP contribution in [0.4, 0.5) is 0 Å². The van der Waals surface area contributed by atoms with Gasteiger partial charge in [-0.1, -0.05) is 41.9 Å². The average molecular weight is 290 g/mol. The Morgan fingerprint density at radius 3 is 2.68 bits per heavy atom. The highest BCUT2D eigenvalue weighted by Gasteiger charge is 2.14. The van der Waals surface area contributed by atoms with E-state index in [4.69, 9.17) is 11.6 Å². The van der Waals surface area contributed by atoms with Crippen molar-refractivity contribution in [2.75, 3.05) is 12.3 Å². The molecule has 0 saturated carbocycles. The minimum atomic E-state index is 0.806. The molecule has 19 heavy (non-hydrogen) atoms. The number of fused-ring (bicyclic) bond motifs is 1. The van der Waals surface area contributed by atoms with E-state index in [1.807, 2.05) is 23.9 Å². The number of halogens is 1. The maximum Gasteiger partial charge on any atom is 0.0406 e. The Labute approximate surface area is 123 Å². The highest BCUT2D eigenvalue weighted by atomic mass is 35.5. The Hall–Kier alpha value is -0.960. The Kier molecular flexibility index (Phi) is 4.12. The first kappa shape index (κ1) is 13.0. The number of hydrogen-bond acceptors (Lipinski definition) is 2. The lowest BCUT2D eigenvalue weighted by atomic mass is 10.1. The Morgan fingerprint density at radius 2 is 1.84 bits per heavy atom. The summed E-state index contributed by atoms with van der Waals surface area (Å²) < 4.78 is 0. The van der Waals surface area contributed by atoms with Crippen LogP contribution in [0.1, 0.15) is 11.1 Å². The molecule has 1 nitrogen and oxygen atoms in total. The summed E-state index contributed by atoms with van der Waals surface area (Å²) in [6, 6.07) is 16.9. The van der Waals surface area contributed by atoms with Gasteiger partial charge in [0, 0.05) is 35.3 Å². The maximum atomic E-state index is 5.93. The minimum Gasteiger partial charge on any atom is -0.294 e. The molecule has 3 heteroatoms. The van der Waals surface area contributed by atoms with Crippen molar-refractivity contribution in [3.8, 4) is 0 Å². The van der Waals surface area contributed by atoms with E-state index in [1.54, 1.807) is 0 Å². The van der Waals surface area contributed by atoms with Crippen LogP contribution in [0.2, 0.25) is 5.02 Å². The Bertz CT molecular complexity index is 553. The van der Waals surface area contributed by atoms with Crippen LogP contribution in [0.5, 0.6) is 0 Å². The second kappa shape index (κ2) is 6.00. The van der Waals surface area contributed by atoms with E-state index in [9.17, 15) is 0 Å². The number of nitrogens with zero attached hydrogens (tertiary/aromatic N) is 1. The predicted molar refractivity (Wildman–Crippen MR) is 82.7 cm³/mol. The van der Waals surface area contributed by atoms with Crippen LogP contribution in [0.3, 0.4) is 0 Å². The van der Waals surface area contributed by atoms with Crippen molar-refractivity contribution >= 4 is 23.4 Å². The van der Waals surface area contributed by atoms with Crippen LogP contribution in [0.25, 0.3) is 0 Å². The first-order chi connectivity index (χ1) is 9.31. The summed E-state index contributed by atoms with van der Waals surface area (Å²) in [7, 11) is 0. The third-order valence-electron chi connectivity index (χ3n) is 3.35. The SMILES string of the molecule is Clc1ccc(CN2CCSc3ccccc3C2)cc1. The van der Waals surface area contributed by atoms with Gasteiger partial charge in [0.1, 0.15) is 0 Å². The molecule has 0 radical (unpaired) electrons. The predicted octanol–water partition coefficient (Wildman–Crippen LogP) is 4.45. The molecular formula is C16H16ClNS. The van der Waals surface area contributed by atoms with E-state index in [0.717, 1.165) is 30.4 Å². The zero-order chi connectivity index (χ0) is 13.1. The van der Waals surface area contributed by atoms with Gasteiger partial charge in [-0.15, -0.1) is 11.8 Å². The summed E-state index contributed by atoms with van der Waals surface area (Å²) in [4.78, 5) is 3.93. The lowest BCUT2D eigenvalue weighted by Gasteiger charge is -2.20. The van der Waals surface area contributed by atoms with E-state index in [2.05, 4.69) is 41.3 Å². The number of benzene rings is 2. The molecule has 0 fully saturated rings. The van der Waals surface area contributed by atoms with Gasteiger partial charge >= 0.3 is 0 Å². The number of thioether (sulfide) groups is 1. The normalized spacial score (nSPS) is 15.8. The first-order valence-electron chi connectivity index (χ1n) is 6.49. The van der Waals surface area contributed by atoms with Crippen LogP contribution >= 0.6 is 23.4 Å². The van der Waals surface area contributed by atoms with Crippen LogP contribution in [0.15, 0.2) is 53.4 Å². The molecule has 2 aromatic carbocycles. The second-order valence-electron chi connectivity index (χ2n) is 4.79. The molecular weight excluding hydrogens is 274 g/mol. The van der Waals surface area contributed by atoms with Crippen molar-refractivity contribution in [1.82, 2.24) is 4.90 Å². The van der Waals surface area contributed by atoms with Gasteiger partial charge in [0.15, 0.2) is 0 Å². The summed E-state index contributed by atoms with van der Waals surface area (Å²) in [5.74, 6) is 1.16. The third-order valence-corrected chi connectivity index (χ3v) is 4.70. The fourth-order valence-corrected chi connectivity index (χ4v) is 3.55. The standard InChI is InChI=1S/C16H16ClNS/c17-15-7-5-13(6-8-15)11-18-9-10-19-16-4-2-1-3-14(16)12-18/h1-8H,9-12H2. The quantitative estimate of drug-likeness (QED) is 0.804. The van der Waals surface area contributed by atoms with Crippen LogP contribution < -0.4 is 0 Å². The zero-order valence-corrected chi connectivity index (χ0v) is 12.3. The minimum absolute atomic E-state index is 0.806. The highest BCUT2D eigenvalue weighted by molar-refractivity contribution is 7.99. The van der Waals surface area contributed by atoms with Gasteiger partial charge < -0.3 is 0 Å². The summed E-state index contributed by atoms with van der Waals surface area (Å²) in [6.07, 6.45) is 0. The van der Waals surface area contributed by atoms with Crippen LogP contribution in [-0.2, 0) is 13.1 Å². The summed E-state index contributed by atoms with van der Waals surface area (Å²) >= 11 is 7.89. The van der Waals surface area contributed by atoms with Crippen LogP contribution in [-0.4, -0.2) is 17.2 Å². The molecule has 0 amide bonds. The van der Waals surface area contributed by atoms with Crippen molar-refractivity contribution < 1.29 is 0 Å². The molecule has 0 bridgehead atoms. The molecule has 1 heterocycles. The van der Waals surface area contributed by atoms with Crippen molar-refractivity contribution in [3.05, 3.63) is 64.7 Å². The summed E-state index contributed by atoms with van der Waals surface area (Å²) in [5, 5.41) is 0.806. The molecule has 2 aromatic rings. The molecule has 0 atom stereocenters. The molecule has 1 aliphatic rings. The first-order valence-corrected chi connectivity index (χ1v) is 7.85. The number of rotatable bonds is 2. The van der Waals surface area contributed by atoms with Gasteiger partial charge in [0.05, 0.1) is 0 Å². The molecule has 0 spiro atoms. The summed E-state index contributed by atoms with van der Waals surface area (Å²) in [6.45, 7) is 3.15. The molecule has 0 saturated heterocycles. The van der Waals surface area contributed by atoms with Gasteiger partial charge in [0.25, 0.3) is 0 Å². The van der Waals surface area contributed by atoms with Crippen LogP contribution in [0, 0.1) is 0 Å². The smallest absolute Gasteiger partial charge is 0.0406 e. The zero-order valence-electron chi connectivity index (χ0n) is 10.7. The fraction of sp³-hybridized carbons (Fsp3) is 0.250. The van der Waals surface area contributed by atoms with Gasteiger partial charge in [-0.05, 0) is 29.3 Å². The molecule has 98 valence electrons. The maximum absolute atomic E-state index is 5.93. The molecule has 0 aliphatic carbocycles. The largest absolute Gasteiger partial charge is 0.294 e. The summed E-state index contributed by atoms with van der Waals surface area (Å²) in [5.41, 5.74) is 2.77. The van der Waals surface area contributed by atoms with E-state index in [1.165, 1.54) is 16.0 Å². The fourth-order valence-electron chi connectivity index (χ4n) is 2.36. The van der Waals surface area contributed by atoms with Crippen molar-refractivity contribution in [2.24, 2.45) is 0 Å². The van der Waals surface area contributed by atoms with Gasteiger partial charge in [-0.2, -0.15) is 0 Å². The topological polar surface area (TPSA) is 3.24 Å². The lowest BCUT2D eigenvalue weighted by molar-refractivity contribution is 0.274. The second-order valence-corrected chi connectivity index (χ2v) is 6.37. The van der Waals surface area contributed by atoms with Crippen molar-refractivity contribution in [2.45, 2.75) is 18.0 Å². The molecule has 0 unspecified atom stereocenters. The van der Waals surface area contributed by atoms with Gasteiger partial charge in [-0.3, -0.25) is 4.90 Å². The van der Waals surface area contributed by atoms with Gasteiger partial charge in [0.2, 0.25) is 0 Å². The van der Waals surface area contributed by atoms with E-state index in [-0.39, 0.29) is 0 Å². The Balaban J connectivity index is 1.74.